The first kappa shape index (κ1) is 12.5. The molecule has 0 aromatic carbocycles. The highest BCUT2D eigenvalue weighted by atomic mass is 16.4. The van der Waals surface area contributed by atoms with Gasteiger partial charge in [-0.25, -0.2) is 0 Å². The van der Waals surface area contributed by atoms with E-state index in [1.54, 1.807) is 0 Å². The van der Waals surface area contributed by atoms with Crippen LogP contribution >= 0.6 is 0 Å². The van der Waals surface area contributed by atoms with Gasteiger partial charge >= 0.3 is 5.97 Å². The van der Waals surface area contributed by atoms with E-state index in [4.69, 9.17) is 5.11 Å². The number of hydrogen-bond donors (Lipinski definition) is 2. The fourth-order valence-electron chi connectivity index (χ4n) is 2.28. The van der Waals surface area contributed by atoms with Crippen molar-refractivity contribution in [3.8, 4) is 0 Å². The minimum atomic E-state index is -0.692. The van der Waals surface area contributed by atoms with Crippen molar-refractivity contribution >= 4 is 5.97 Å². The minimum Gasteiger partial charge on any atom is -0.481 e. The number of aliphatic carboxylic acids is 1. The van der Waals surface area contributed by atoms with E-state index in [2.05, 4.69) is 19.2 Å². The van der Waals surface area contributed by atoms with Gasteiger partial charge in [0, 0.05) is 12.5 Å². The average molecular weight is 213 g/mol. The zero-order valence-corrected chi connectivity index (χ0v) is 9.83. The standard InChI is InChI=1S/C12H23NO2/c1-9-5-6-11(8-10(9)2)13-7-3-4-12(14)15/h9-11,13H,3-8H2,1-2H3,(H,14,15). The molecule has 0 radical (unpaired) electrons. The highest BCUT2D eigenvalue weighted by Gasteiger charge is 2.23. The molecule has 15 heavy (non-hydrogen) atoms. The van der Waals surface area contributed by atoms with Crippen LogP contribution in [0, 0.1) is 11.8 Å². The topological polar surface area (TPSA) is 49.3 Å². The van der Waals surface area contributed by atoms with Gasteiger partial charge in [0.2, 0.25) is 0 Å². The Morgan fingerprint density at radius 3 is 2.67 bits per heavy atom. The molecule has 3 atom stereocenters. The first-order chi connectivity index (χ1) is 7.09. The van der Waals surface area contributed by atoms with Crippen LogP contribution in [0.2, 0.25) is 0 Å². The summed E-state index contributed by atoms with van der Waals surface area (Å²) in [6.45, 7) is 5.49. The van der Waals surface area contributed by atoms with Crippen LogP contribution in [-0.4, -0.2) is 23.7 Å². The summed E-state index contributed by atoms with van der Waals surface area (Å²) in [5.41, 5.74) is 0. The molecular formula is C12H23NO2. The Bertz CT molecular complexity index is 206. The van der Waals surface area contributed by atoms with E-state index in [1.165, 1.54) is 19.3 Å². The molecular weight excluding hydrogens is 190 g/mol. The largest absolute Gasteiger partial charge is 0.481 e. The summed E-state index contributed by atoms with van der Waals surface area (Å²) < 4.78 is 0. The number of carbonyl (C=O) groups is 1. The summed E-state index contributed by atoms with van der Waals surface area (Å²) >= 11 is 0. The Morgan fingerprint density at radius 2 is 2.07 bits per heavy atom. The molecule has 1 saturated carbocycles. The van der Waals surface area contributed by atoms with Crippen LogP contribution < -0.4 is 5.32 Å². The molecule has 0 aromatic rings. The monoisotopic (exact) mass is 213 g/mol. The molecule has 3 unspecified atom stereocenters. The van der Waals surface area contributed by atoms with Gasteiger partial charge in [0.25, 0.3) is 0 Å². The third-order valence-corrected chi connectivity index (χ3v) is 3.60. The second kappa shape index (κ2) is 6.11. The molecule has 3 heteroatoms. The normalized spacial score (nSPS) is 31.5. The summed E-state index contributed by atoms with van der Waals surface area (Å²) in [6, 6.07) is 0.616. The number of rotatable bonds is 5. The minimum absolute atomic E-state index is 0.283. The van der Waals surface area contributed by atoms with Gasteiger partial charge in [0.1, 0.15) is 0 Å². The predicted molar refractivity (Wildman–Crippen MR) is 60.8 cm³/mol. The van der Waals surface area contributed by atoms with E-state index in [0.29, 0.717) is 6.04 Å². The van der Waals surface area contributed by atoms with Crippen molar-refractivity contribution in [1.82, 2.24) is 5.32 Å². The summed E-state index contributed by atoms with van der Waals surface area (Å²) in [5, 5.41) is 12.0. The molecule has 2 N–H and O–H groups in total. The van der Waals surface area contributed by atoms with Crippen LogP contribution in [0.4, 0.5) is 0 Å². The maximum Gasteiger partial charge on any atom is 0.303 e. The number of nitrogens with one attached hydrogen (secondary N) is 1. The van der Waals surface area contributed by atoms with Crippen LogP contribution in [-0.2, 0) is 4.79 Å². The van der Waals surface area contributed by atoms with E-state index in [1.807, 2.05) is 0 Å². The molecule has 0 aliphatic heterocycles. The fraction of sp³-hybridized carbons (Fsp3) is 0.917. The van der Waals surface area contributed by atoms with E-state index >= 15 is 0 Å². The second-order valence-electron chi connectivity index (χ2n) is 4.92. The lowest BCUT2D eigenvalue weighted by Crippen LogP contribution is -2.36. The lowest BCUT2D eigenvalue weighted by atomic mass is 9.79. The van der Waals surface area contributed by atoms with Crippen molar-refractivity contribution < 1.29 is 9.90 Å². The fourth-order valence-corrected chi connectivity index (χ4v) is 2.28. The Balaban J connectivity index is 2.09. The maximum atomic E-state index is 10.3. The average Bonchev–Trinajstić information content (AvgIpc) is 2.18. The lowest BCUT2D eigenvalue weighted by Gasteiger charge is -2.32. The molecule has 0 heterocycles. The van der Waals surface area contributed by atoms with Gasteiger partial charge in [-0.15, -0.1) is 0 Å². The van der Waals surface area contributed by atoms with E-state index in [-0.39, 0.29) is 6.42 Å². The zero-order valence-electron chi connectivity index (χ0n) is 9.83. The van der Waals surface area contributed by atoms with Crippen molar-refractivity contribution in [1.29, 1.82) is 0 Å². The van der Waals surface area contributed by atoms with Gasteiger partial charge < -0.3 is 10.4 Å². The number of hydrogen-bond acceptors (Lipinski definition) is 2. The van der Waals surface area contributed by atoms with Crippen molar-refractivity contribution in [3.05, 3.63) is 0 Å². The molecule has 0 spiro atoms. The van der Waals surface area contributed by atoms with Crippen LogP contribution in [0.15, 0.2) is 0 Å². The molecule has 0 saturated heterocycles. The van der Waals surface area contributed by atoms with Gasteiger partial charge in [-0.05, 0) is 44.1 Å². The molecule has 3 nitrogen and oxygen atoms in total. The molecule has 1 fully saturated rings. The summed E-state index contributed by atoms with van der Waals surface area (Å²) in [4.78, 5) is 10.3. The van der Waals surface area contributed by atoms with Crippen molar-refractivity contribution in [2.45, 2.75) is 52.0 Å². The number of carboxylic acids is 1. The third-order valence-electron chi connectivity index (χ3n) is 3.60. The van der Waals surface area contributed by atoms with E-state index < -0.39 is 5.97 Å². The SMILES string of the molecule is CC1CCC(NCCCC(=O)O)CC1C. The summed E-state index contributed by atoms with van der Waals surface area (Å²) in [7, 11) is 0. The molecule has 0 amide bonds. The summed E-state index contributed by atoms with van der Waals surface area (Å²) in [5.74, 6) is 0.959. The van der Waals surface area contributed by atoms with E-state index in [0.717, 1.165) is 24.8 Å². The molecule has 1 aliphatic rings. The second-order valence-corrected chi connectivity index (χ2v) is 4.92. The van der Waals surface area contributed by atoms with Gasteiger partial charge in [-0.2, -0.15) is 0 Å². The molecule has 0 aromatic heterocycles. The highest BCUT2D eigenvalue weighted by Crippen LogP contribution is 2.29. The van der Waals surface area contributed by atoms with Crippen molar-refractivity contribution in [2.24, 2.45) is 11.8 Å². The smallest absolute Gasteiger partial charge is 0.303 e. The molecule has 0 bridgehead atoms. The molecule has 1 aliphatic carbocycles. The lowest BCUT2D eigenvalue weighted by molar-refractivity contribution is -0.137. The van der Waals surface area contributed by atoms with Gasteiger partial charge in [0.15, 0.2) is 0 Å². The molecule has 88 valence electrons. The maximum absolute atomic E-state index is 10.3. The number of carboxylic acid groups (broad SMARTS) is 1. The summed E-state index contributed by atoms with van der Waals surface area (Å²) in [6.07, 6.45) is 4.83. The van der Waals surface area contributed by atoms with Gasteiger partial charge in [-0.1, -0.05) is 13.8 Å². The van der Waals surface area contributed by atoms with Crippen LogP contribution in [0.25, 0.3) is 0 Å². The van der Waals surface area contributed by atoms with Crippen molar-refractivity contribution in [2.75, 3.05) is 6.54 Å². The first-order valence-electron chi connectivity index (χ1n) is 6.04. The quantitative estimate of drug-likeness (QED) is 0.689. The van der Waals surface area contributed by atoms with Crippen LogP contribution in [0.1, 0.15) is 46.0 Å². The van der Waals surface area contributed by atoms with Gasteiger partial charge in [-0.3, -0.25) is 4.79 Å². The Morgan fingerprint density at radius 1 is 1.33 bits per heavy atom. The van der Waals surface area contributed by atoms with E-state index in [9.17, 15) is 4.79 Å². The highest BCUT2D eigenvalue weighted by molar-refractivity contribution is 5.66. The van der Waals surface area contributed by atoms with Crippen LogP contribution in [0.5, 0.6) is 0 Å². The first-order valence-corrected chi connectivity index (χ1v) is 6.04. The Kier molecular flexibility index (Phi) is 5.09. The predicted octanol–water partition coefficient (Wildman–Crippen LogP) is 2.27. The van der Waals surface area contributed by atoms with Crippen LogP contribution in [0.3, 0.4) is 0 Å². The zero-order chi connectivity index (χ0) is 11.3. The Labute approximate surface area is 92.3 Å². The van der Waals surface area contributed by atoms with Gasteiger partial charge in [0.05, 0.1) is 0 Å². The Hall–Kier alpha value is -0.570. The molecule has 1 rings (SSSR count). The van der Waals surface area contributed by atoms with Crippen molar-refractivity contribution in [3.63, 3.8) is 0 Å². The third kappa shape index (κ3) is 4.65.